The normalized spacial score (nSPS) is 13.2. The van der Waals surface area contributed by atoms with E-state index in [9.17, 15) is 24.0 Å². The third-order valence-corrected chi connectivity index (χ3v) is 5.08. The number of hydrogen-bond donors (Lipinski definition) is 4. The van der Waals surface area contributed by atoms with Gasteiger partial charge in [-0.05, 0) is 29.7 Å². The summed E-state index contributed by atoms with van der Waals surface area (Å²) in [5.41, 5.74) is 0.203. The Bertz CT molecular complexity index is 901. The number of rotatable bonds is 11. The van der Waals surface area contributed by atoms with Crippen molar-refractivity contribution in [1.29, 1.82) is 0 Å². The third kappa shape index (κ3) is 11.6. The molecule has 0 spiro atoms. The summed E-state index contributed by atoms with van der Waals surface area (Å²) in [6.45, 7) is 12.5. The molecule has 0 aliphatic rings. The van der Waals surface area contributed by atoms with Crippen LogP contribution in [-0.2, 0) is 30.4 Å². The molecule has 9 nitrogen and oxygen atoms in total. The van der Waals surface area contributed by atoms with Gasteiger partial charge in [-0.1, -0.05) is 71.9 Å². The monoisotopic (exact) mass is 488 g/mol. The molecule has 1 rings (SSSR count). The Labute approximate surface area is 208 Å². The van der Waals surface area contributed by atoms with Crippen LogP contribution >= 0.6 is 0 Å². The van der Waals surface area contributed by atoms with Crippen molar-refractivity contribution in [3.63, 3.8) is 0 Å². The van der Waals surface area contributed by atoms with E-state index in [4.69, 9.17) is 0 Å². The average molecular weight is 489 g/mol. The zero-order chi connectivity index (χ0) is 26.8. The van der Waals surface area contributed by atoms with Crippen LogP contribution in [0.1, 0.15) is 60.5 Å². The van der Waals surface area contributed by atoms with Gasteiger partial charge in [0.15, 0.2) is 0 Å². The fourth-order valence-corrected chi connectivity index (χ4v) is 3.25. The SMILES string of the molecule is CC(NC(=O)CNC(=O)C(NC(=O)CC(C)(C)C)C(C)(C)C)C(=O)C(=O)NCCc1ccccc1. The summed E-state index contributed by atoms with van der Waals surface area (Å²) < 4.78 is 0. The molecule has 0 fully saturated rings. The standard InChI is InChI=1S/C26H40N4O5/c1-17(21(33)23(34)27-14-13-18-11-9-8-10-12-18)29-20(32)16-28-24(35)22(26(5,6)7)30-19(31)15-25(2,3)4/h8-12,17,22H,13-16H2,1-7H3,(H,27,34)(H,28,35)(H,29,32)(H,30,31). The summed E-state index contributed by atoms with van der Waals surface area (Å²) in [5, 5.41) is 10.2. The van der Waals surface area contributed by atoms with Crippen LogP contribution in [0.4, 0.5) is 0 Å². The quantitative estimate of drug-likeness (QED) is 0.350. The lowest BCUT2D eigenvalue weighted by atomic mass is 9.85. The van der Waals surface area contributed by atoms with Gasteiger partial charge in [0.05, 0.1) is 12.6 Å². The van der Waals surface area contributed by atoms with Crippen molar-refractivity contribution in [3.8, 4) is 0 Å². The highest BCUT2D eigenvalue weighted by Gasteiger charge is 2.33. The van der Waals surface area contributed by atoms with E-state index < -0.39 is 47.5 Å². The Morgan fingerprint density at radius 3 is 1.97 bits per heavy atom. The maximum Gasteiger partial charge on any atom is 0.289 e. The summed E-state index contributed by atoms with van der Waals surface area (Å²) in [6.07, 6.45) is 0.828. The number of amides is 4. The van der Waals surface area contributed by atoms with Gasteiger partial charge in [0.2, 0.25) is 23.5 Å². The minimum atomic E-state index is -1.05. The highest BCUT2D eigenvalue weighted by molar-refractivity contribution is 6.38. The third-order valence-electron chi connectivity index (χ3n) is 5.08. The smallest absolute Gasteiger partial charge is 0.289 e. The molecule has 0 radical (unpaired) electrons. The Hall–Kier alpha value is -3.23. The molecular formula is C26H40N4O5. The summed E-state index contributed by atoms with van der Waals surface area (Å²) in [4.78, 5) is 61.7. The van der Waals surface area contributed by atoms with Crippen molar-refractivity contribution in [2.24, 2.45) is 10.8 Å². The van der Waals surface area contributed by atoms with Crippen molar-refractivity contribution in [2.75, 3.05) is 13.1 Å². The predicted octanol–water partition coefficient (Wildman–Crippen LogP) is 1.50. The van der Waals surface area contributed by atoms with Gasteiger partial charge >= 0.3 is 0 Å². The molecule has 4 N–H and O–H groups in total. The van der Waals surface area contributed by atoms with Crippen molar-refractivity contribution >= 4 is 29.4 Å². The lowest BCUT2D eigenvalue weighted by molar-refractivity contribution is -0.139. The van der Waals surface area contributed by atoms with E-state index in [0.29, 0.717) is 13.0 Å². The van der Waals surface area contributed by atoms with Gasteiger partial charge < -0.3 is 21.3 Å². The Morgan fingerprint density at radius 2 is 1.43 bits per heavy atom. The number of nitrogens with one attached hydrogen (secondary N) is 4. The van der Waals surface area contributed by atoms with E-state index in [-0.39, 0.29) is 17.7 Å². The van der Waals surface area contributed by atoms with Crippen LogP contribution < -0.4 is 21.3 Å². The van der Waals surface area contributed by atoms with Gasteiger partial charge in [0.25, 0.3) is 5.91 Å². The van der Waals surface area contributed by atoms with Gasteiger partial charge in [0, 0.05) is 13.0 Å². The second-order valence-electron chi connectivity index (χ2n) is 11.0. The Kier molecular flexibility index (Phi) is 11.1. The highest BCUT2D eigenvalue weighted by Crippen LogP contribution is 2.22. The first kappa shape index (κ1) is 29.8. The minimum absolute atomic E-state index is 0.237. The fourth-order valence-electron chi connectivity index (χ4n) is 3.25. The molecule has 1 aromatic carbocycles. The molecule has 0 heterocycles. The van der Waals surface area contributed by atoms with Gasteiger partial charge in [-0.15, -0.1) is 0 Å². The topological polar surface area (TPSA) is 133 Å². The van der Waals surface area contributed by atoms with Crippen molar-refractivity contribution in [2.45, 2.75) is 73.4 Å². The van der Waals surface area contributed by atoms with Crippen LogP contribution in [-0.4, -0.2) is 54.6 Å². The van der Waals surface area contributed by atoms with Crippen LogP contribution in [0, 0.1) is 10.8 Å². The molecule has 0 aliphatic heterocycles. The minimum Gasteiger partial charge on any atom is -0.349 e. The fraction of sp³-hybridized carbons (Fsp3) is 0.577. The second kappa shape index (κ2) is 13.0. The number of ketones is 1. The van der Waals surface area contributed by atoms with E-state index in [0.717, 1.165) is 5.56 Å². The number of Topliss-reactive ketones (excluding diaryl/α,β-unsaturated/α-hetero) is 1. The molecular weight excluding hydrogens is 448 g/mol. The maximum absolute atomic E-state index is 12.7. The molecule has 0 aliphatic carbocycles. The van der Waals surface area contributed by atoms with Crippen LogP contribution in [0.2, 0.25) is 0 Å². The van der Waals surface area contributed by atoms with E-state index in [1.165, 1.54) is 6.92 Å². The zero-order valence-electron chi connectivity index (χ0n) is 21.9. The highest BCUT2D eigenvalue weighted by atomic mass is 16.2. The van der Waals surface area contributed by atoms with Crippen molar-refractivity contribution in [1.82, 2.24) is 21.3 Å². The molecule has 1 aromatic rings. The lowest BCUT2D eigenvalue weighted by Gasteiger charge is -2.31. The summed E-state index contributed by atoms with van der Waals surface area (Å²) in [7, 11) is 0. The van der Waals surface area contributed by atoms with Crippen molar-refractivity contribution in [3.05, 3.63) is 35.9 Å². The molecule has 0 aromatic heterocycles. The largest absolute Gasteiger partial charge is 0.349 e. The number of hydrogen-bond acceptors (Lipinski definition) is 5. The lowest BCUT2D eigenvalue weighted by Crippen LogP contribution is -2.55. The maximum atomic E-state index is 12.7. The first-order chi connectivity index (χ1) is 16.1. The van der Waals surface area contributed by atoms with E-state index in [2.05, 4.69) is 21.3 Å². The molecule has 4 amide bonds. The summed E-state index contributed by atoms with van der Waals surface area (Å²) in [6, 6.07) is 7.62. The number of carbonyl (C=O) groups excluding carboxylic acids is 5. The van der Waals surface area contributed by atoms with Gasteiger partial charge in [-0.2, -0.15) is 0 Å². The number of benzene rings is 1. The Balaban J connectivity index is 2.52. The van der Waals surface area contributed by atoms with E-state index in [1.54, 1.807) is 0 Å². The van der Waals surface area contributed by atoms with Crippen LogP contribution in [0.3, 0.4) is 0 Å². The molecule has 194 valence electrons. The zero-order valence-corrected chi connectivity index (χ0v) is 21.9. The van der Waals surface area contributed by atoms with Gasteiger partial charge in [-0.25, -0.2) is 0 Å². The van der Waals surface area contributed by atoms with Gasteiger partial charge in [-0.3, -0.25) is 24.0 Å². The van der Waals surface area contributed by atoms with Crippen LogP contribution in [0.15, 0.2) is 30.3 Å². The van der Waals surface area contributed by atoms with Crippen molar-refractivity contribution < 1.29 is 24.0 Å². The summed E-state index contributed by atoms with van der Waals surface area (Å²) in [5.74, 6) is -2.95. The average Bonchev–Trinajstić information content (AvgIpc) is 2.74. The molecule has 0 saturated carbocycles. The second-order valence-corrected chi connectivity index (χ2v) is 11.0. The number of carbonyl (C=O) groups is 5. The summed E-state index contributed by atoms with van der Waals surface area (Å²) >= 11 is 0. The molecule has 2 atom stereocenters. The molecule has 9 heteroatoms. The van der Waals surface area contributed by atoms with Crippen LogP contribution in [0.25, 0.3) is 0 Å². The van der Waals surface area contributed by atoms with Gasteiger partial charge in [0.1, 0.15) is 6.04 Å². The van der Waals surface area contributed by atoms with E-state index >= 15 is 0 Å². The molecule has 2 unspecified atom stereocenters. The molecule has 35 heavy (non-hydrogen) atoms. The first-order valence-corrected chi connectivity index (χ1v) is 11.8. The molecule has 0 saturated heterocycles. The molecule has 0 bridgehead atoms. The predicted molar refractivity (Wildman–Crippen MR) is 134 cm³/mol. The van der Waals surface area contributed by atoms with Crippen LogP contribution in [0.5, 0.6) is 0 Å². The Morgan fingerprint density at radius 1 is 0.829 bits per heavy atom. The first-order valence-electron chi connectivity index (χ1n) is 11.8. The van der Waals surface area contributed by atoms with E-state index in [1.807, 2.05) is 71.9 Å².